The summed E-state index contributed by atoms with van der Waals surface area (Å²) in [6.07, 6.45) is -0.388. The van der Waals surface area contributed by atoms with Crippen molar-refractivity contribution in [1.82, 2.24) is 0 Å². The lowest BCUT2D eigenvalue weighted by Gasteiger charge is -2.06. The third-order valence-corrected chi connectivity index (χ3v) is 2.27. The van der Waals surface area contributed by atoms with Gasteiger partial charge >= 0.3 is 0 Å². The van der Waals surface area contributed by atoms with Gasteiger partial charge in [-0.05, 0) is 19.1 Å². The molecule has 0 unspecified atom stereocenters. The lowest BCUT2D eigenvalue weighted by molar-refractivity contribution is -0.676. The van der Waals surface area contributed by atoms with Crippen molar-refractivity contribution in [2.24, 2.45) is 0 Å². The summed E-state index contributed by atoms with van der Waals surface area (Å²) in [5.41, 5.74) is 0.495. The number of quaternary nitrogens is 1. The van der Waals surface area contributed by atoms with Gasteiger partial charge in [0.05, 0.1) is 16.7 Å². The van der Waals surface area contributed by atoms with Crippen LogP contribution in [0.3, 0.4) is 0 Å². The summed E-state index contributed by atoms with van der Waals surface area (Å²) in [5.74, 6) is -0.292. The first-order valence-corrected chi connectivity index (χ1v) is 4.91. The minimum absolute atomic E-state index is 0.292. The Kier molecular flexibility index (Phi) is 4.32. The van der Waals surface area contributed by atoms with E-state index < -0.39 is 0 Å². The maximum atomic E-state index is 13.2. The van der Waals surface area contributed by atoms with Gasteiger partial charge in [0.25, 0.3) is 0 Å². The summed E-state index contributed by atoms with van der Waals surface area (Å²) in [6.45, 7) is 2.69. The number of halogens is 2. The molecule has 1 aromatic rings. The Balaban J connectivity index is 2.58. The van der Waals surface area contributed by atoms with Gasteiger partial charge in [0.1, 0.15) is 18.9 Å². The van der Waals surface area contributed by atoms with Gasteiger partial charge < -0.3 is 10.4 Å². The third-order valence-electron chi connectivity index (χ3n) is 1.92. The molecule has 14 heavy (non-hydrogen) atoms. The average molecular weight is 219 g/mol. The van der Waals surface area contributed by atoms with Gasteiger partial charge in [-0.3, -0.25) is 0 Å². The largest absolute Gasteiger partial charge is 0.388 e. The number of hydrogen-bond acceptors (Lipinski definition) is 1. The number of rotatable bonds is 4. The van der Waals surface area contributed by atoms with E-state index in [0.717, 1.165) is 0 Å². The van der Waals surface area contributed by atoms with Gasteiger partial charge in [-0.1, -0.05) is 17.7 Å². The van der Waals surface area contributed by atoms with Gasteiger partial charge in [-0.15, -0.1) is 0 Å². The van der Waals surface area contributed by atoms with Crippen LogP contribution in [0.5, 0.6) is 0 Å². The molecule has 0 radical (unpaired) electrons. The Morgan fingerprint density at radius 2 is 2.29 bits per heavy atom. The van der Waals surface area contributed by atoms with E-state index in [1.165, 1.54) is 6.07 Å². The Labute approximate surface area is 87.7 Å². The van der Waals surface area contributed by atoms with Gasteiger partial charge in [0, 0.05) is 0 Å². The highest BCUT2D eigenvalue weighted by Gasteiger charge is 2.08. The molecule has 1 aromatic carbocycles. The van der Waals surface area contributed by atoms with Crippen LogP contribution in [0, 0.1) is 5.82 Å². The molecule has 3 N–H and O–H groups in total. The lowest BCUT2D eigenvalue weighted by Crippen LogP contribution is -2.84. The first-order valence-electron chi connectivity index (χ1n) is 4.54. The molecule has 0 aliphatic heterocycles. The first kappa shape index (κ1) is 11.4. The van der Waals surface area contributed by atoms with Crippen molar-refractivity contribution in [3.8, 4) is 0 Å². The molecule has 1 rings (SSSR count). The molecule has 4 heteroatoms. The highest BCUT2D eigenvalue weighted by Crippen LogP contribution is 2.17. The molecule has 0 spiro atoms. The van der Waals surface area contributed by atoms with E-state index in [4.69, 9.17) is 16.7 Å². The fourth-order valence-corrected chi connectivity index (χ4v) is 1.44. The second-order valence-electron chi connectivity index (χ2n) is 3.28. The second-order valence-corrected chi connectivity index (χ2v) is 3.68. The summed E-state index contributed by atoms with van der Waals surface area (Å²) in [5, 5.41) is 11.3. The van der Waals surface area contributed by atoms with Crippen molar-refractivity contribution >= 4 is 11.6 Å². The topological polar surface area (TPSA) is 36.8 Å². The fourth-order valence-electron chi connectivity index (χ4n) is 1.20. The number of hydrogen-bond donors (Lipinski definition) is 2. The molecule has 0 saturated carbocycles. The van der Waals surface area contributed by atoms with Crippen LogP contribution in [0.4, 0.5) is 4.39 Å². The molecular formula is C10H14ClFNO+. The Morgan fingerprint density at radius 1 is 1.57 bits per heavy atom. The highest BCUT2D eigenvalue weighted by atomic mass is 35.5. The molecular weight excluding hydrogens is 205 g/mol. The monoisotopic (exact) mass is 218 g/mol. The highest BCUT2D eigenvalue weighted by molar-refractivity contribution is 6.31. The quantitative estimate of drug-likeness (QED) is 0.775. The van der Waals surface area contributed by atoms with Crippen molar-refractivity contribution in [2.45, 2.75) is 19.6 Å². The summed E-state index contributed by atoms with van der Waals surface area (Å²) >= 11 is 5.82. The average Bonchev–Trinajstić information content (AvgIpc) is 2.09. The van der Waals surface area contributed by atoms with E-state index in [1.807, 2.05) is 5.32 Å². The standard InChI is InChI=1S/C10H13ClFNO/c1-7(14)5-13-6-8-9(11)3-2-4-10(8)12/h2-4,7,13-14H,5-6H2,1H3/p+1/t7-/m0/s1. The summed E-state index contributed by atoms with van der Waals surface area (Å²) in [6, 6.07) is 4.63. The zero-order valence-electron chi connectivity index (χ0n) is 8.00. The van der Waals surface area contributed by atoms with Gasteiger partial charge in [-0.25, -0.2) is 4.39 Å². The number of nitrogens with two attached hydrogens (primary N) is 1. The van der Waals surface area contributed by atoms with Crippen LogP contribution < -0.4 is 5.32 Å². The molecule has 2 nitrogen and oxygen atoms in total. The Hall–Kier alpha value is -0.640. The first-order chi connectivity index (χ1) is 6.61. The van der Waals surface area contributed by atoms with Crippen LogP contribution in [0.1, 0.15) is 12.5 Å². The molecule has 0 fully saturated rings. The van der Waals surface area contributed by atoms with Crippen LogP contribution in [-0.4, -0.2) is 17.8 Å². The number of aliphatic hydroxyl groups excluding tert-OH is 1. The lowest BCUT2D eigenvalue weighted by atomic mass is 10.2. The smallest absolute Gasteiger partial charge is 0.133 e. The minimum atomic E-state index is -0.388. The molecule has 0 heterocycles. The molecule has 0 aromatic heterocycles. The van der Waals surface area contributed by atoms with Crippen LogP contribution in [0.2, 0.25) is 5.02 Å². The molecule has 1 atom stereocenters. The van der Waals surface area contributed by atoms with Gasteiger partial charge in [0.15, 0.2) is 0 Å². The minimum Gasteiger partial charge on any atom is -0.388 e. The molecule has 0 bridgehead atoms. The normalized spacial score (nSPS) is 12.9. The van der Waals surface area contributed by atoms with E-state index in [9.17, 15) is 4.39 Å². The van der Waals surface area contributed by atoms with Crippen LogP contribution >= 0.6 is 11.6 Å². The van der Waals surface area contributed by atoms with Crippen molar-refractivity contribution in [2.75, 3.05) is 6.54 Å². The predicted octanol–water partition coefficient (Wildman–Crippen LogP) is 0.923. The van der Waals surface area contributed by atoms with Crippen molar-refractivity contribution in [1.29, 1.82) is 0 Å². The predicted molar refractivity (Wildman–Crippen MR) is 53.6 cm³/mol. The van der Waals surface area contributed by atoms with E-state index in [-0.39, 0.29) is 11.9 Å². The fraction of sp³-hybridized carbons (Fsp3) is 0.400. The summed E-state index contributed by atoms with van der Waals surface area (Å²) in [4.78, 5) is 0. The van der Waals surface area contributed by atoms with Crippen LogP contribution in [-0.2, 0) is 6.54 Å². The Morgan fingerprint density at radius 3 is 2.86 bits per heavy atom. The zero-order chi connectivity index (χ0) is 10.6. The van der Waals surface area contributed by atoms with Crippen LogP contribution in [0.25, 0.3) is 0 Å². The second kappa shape index (κ2) is 5.29. The Bertz CT molecular complexity index is 284. The molecule has 78 valence electrons. The number of benzene rings is 1. The van der Waals surface area contributed by atoms with Crippen molar-refractivity contribution in [3.05, 3.63) is 34.6 Å². The van der Waals surface area contributed by atoms with Crippen LogP contribution in [0.15, 0.2) is 18.2 Å². The van der Waals surface area contributed by atoms with E-state index in [1.54, 1.807) is 19.1 Å². The van der Waals surface area contributed by atoms with Gasteiger partial charge in [0.2, 0.25) is 0 Å². The molecule has 0 saturated heterocycles. The molecule has 0 aliphatic carbocycles. The third kappa shape index (κ3) is 3.25. The molecule has 0 aliphatic rings. The summed E-state index contributed by atoms with van der Waals surface area (Å²) in [7, 11) is 0. The number of aliphatic hydroxyl groups is 1. The zero-order valence-corrected chi connectivity index (χ0v) is 8.76. The van der Waals surface area contributed by atoms with E-state index >= 15 is 0 Å². The molecule has 0 amide bonds. The summed E-state index contributed by atoms with van der Waals surface area (Å²) < 4.78 is 13.2. The van der Waals surface area contributed by atoms with E-state index in [0.29, 0.717) is 23.7 Å². The maximum absolute atomic E-state index is 13.2. The SMILES string of the molecule is C[C@H](O)C[NH2+]Cc1c(F)cccc1Cl. The van der Waals surface area contributed by atoms with Crippen molar-refractivity contribution < 1.29 is 14.8 Å². The van der Waals surface area contributed by atoms with E-state index in [2.05, 4.69) is 0 Å². The van der Waals surface area contributed by atoms with Crippen molar-refractivity contribution in [3.63, 3.8) is 0 Å². The van der Waals surface area contributed by atoms with Gasteiger partial charge in [-0.2, -0.15) is 0 Å². The maximum Gasteiger partial charge on any atom is 0.133 e.